The van der Waals surface area contributed by atoms with Crippen molar-refractivity contribution >= 4 is 17.2 Å². The lowest BCUT2D eigenvalue weighted by Crippen LogP contribution is -2.36. The summed E-state index contributed by atoms with van der Waals surface area (Å²) in [5.41, 5.74) is 2.54. The predicted molar refractivity (Wildman–Crippen MR) is 114 cm³/mol. The first-order chi connectivity index (χ1) is 13.7. The molecule has 2 heterocycles. The maximum absolute atomic E-state index is 12.9. The van der Waals surface area contributed by atoms with E-state index in [-0.39, 0.29) is 11.9 Å². The maximum atomic E-state index is 12.9. The van der Waals surface area contributed by atoms with Crippen LogP contribution in [-0.4, -0.2) is 37.6 Å². The molecule has 5 heteroatoms. The number of hydrogen-bond acceptors (Lipinski definition) is 4. The first-order valence-corrected chi connectivity index (χ1v) is 11.2. The number of nitrogens with zero attached hydrogens (tertiary/aromatic N) is 1. The lowest BCUT2D eigenvalue weighted by Gasteiger charge is -2.29. The smallest absolute Gasteiger partial charge is 0.261 e. The number of methoxy groups -OCH3 is 1. The minimum absolute atomic E-state index is 0.0612. The first-order valence-electron chi connectivity index (χ1n) is 10.4. The summed E-state index contributed by atoms with van der Waals surface area (Å²) >= 11 is 1.68. The Bertz CT molecular complexity index is 826. The van der Waals surface area contributed by atoms with Crippen LogP contribution in [0.2, 0.25) is 0 Å². The Labute approximate surface area is 171 Å². The molecule has 2 aliphatic rings. The van der Waals surface area contributed by atoms with Gasteiger partial charge in [-0.3, -0.25) is 9.69 Å². The molecule has 1 N–H and O–H groups in total. The number of likely N-dealkylation sites (tertiary alicyclic amines) is 1. The van der Waals surface area contributed by atoms with Crippen LogP contribution in [0.4, 0.5) is 0 Å². The van der Waals surface area contributed by atoms with E-state index in [0.717, 1.165) is 48.0 Å². The van der Waals surface area contributed by atoms with Gasteiger partial charge in [0.2, 0.25) is 0 Å². The van der Waals surface area contributed by atoms with E-state index in [4.69, 9.17) is 4.74 Å². The molecule has 1 aromatic carbocycles. The van der Waals surface area contributed by atoms with Crippen LogP contribution in [0.15, 0.2) is 30.3 Å². The molecule has 0 unspecified atom stereocenters. The summed E-state index contributed by atoms with van der Waals surface area (Å²) in [7, 11) is 1.72. The highest BCUT2D eigenvalue weighted by Gasteiger charge is 2.27. The van der Waals surface area contributed by atoms with Gasteiger partial charge in [0.05, 0.1) is 18.0 Å². The minimum atomic E-state index is 0.0612. The molecule has 1 aromatic heterocycles. The molecule has 2 aromatic rings. The average molecular weight is 399 g/mol. The molecule has 150 valence electrons. The Morgan fingerprint density at radius 2 is 2.11 bits per heavy atom. The quantitative estimate of drug-likeness (QED) is 0.782. The van der Waals surface area contributed by atoms with Crippen molar-refractivity contribution in [3.63, 3.8) is 0 Å². The maximum Gasteiger partial charge on any atom is 0.261 e. The number of rotatable bonds is 6. The summed E-state index contributed by atoms with van der Waals surface area (Å²) in [6.07, 6.45) is 5.90. The standard InChI is InChI=1S/C23H30N2O2S/c1-16-9-10-21-17(13-16)14-22(28-21)23(26)24-15-19(25-11-5-6-12-25)18-7-3-4-8-20(18)27-2/h3-4,7-8,14,16,19H,5-6,9-13,15H2,1-2H3,(H,24,26)/t16-,19+/m1/s1. The van der Waals surface area contributed by atoms with Gasteiger partial charge in [-0.1, -0.05) is 25.1 Å². The summed E-state index contributed by atoms with van der Waals surface area (Å²) in [6, 6.07) is 10.5. The largest absolute Gasteiger partial charge is 0.496 e. The van der Waals surface area contributed by atoms with Crippen molar-refractivity contribution < 1.29 is 9.53 Å². The topological polar surface area (TPSA) is 41.6 Å². The SMILES string of the molecule is COc1ccccc1[C@H](CNC(=O)c1cc2c(s1)CC[C@@H](C)C2)N1CCCC1. The lowest BCUT2D eigenvalue weighted by atomic mass is 9.90. The number of amides is 1. The second-order valence-corrected chi connectivity index (χ2v) is 9.25. The molecular weight excluding hydrogens is 368 g/mol. The van der Waals surface area contributed by atoms with Crippen LogP contribution in [-0.2, 0) is 12.8 Å². The van der Waals surface area contributed by atoms with Crippen LogP contribution in [0, 0.1) is 5.92 Å². The second kappa shape index (κ2) is 8.66. The van der Waals surface area contributed by atoms with Gasteiger partial charge in [0.1, 0.15) is 5.75 Å². The van der Waals surface area contributed by atoms with Crippen LogP contribution in [0.3, 0.4) is 0 Å². The summed E-state index contributed by atoms with van der Waals surface area (Å²) in [5, 5.41) is 3.22. The number of fused-ring (bicyclic) bond motifs is 1. The monoisotopic (exact) mass is 398 g/mol. The molecule has 4 rings (SSSR count). The third-order valence-corrected chi connectivity index (χ3v) is 7.32. The number of aryl methyl sites for hydroxylation is 1. The van der Waals surface area contributed by atoms with E-state index in [9.17, 15) is 4.79 Å². The van der Waals surface area contributed by atoms with Crippen molar-refractivity contribution in [1.82, 2.24) is 10.2 Å². The molecule has 0 saturated carbocycles. The molecule has 2 atom stereocenters. The van der Waals surface area contributed by atoms with Gasteiger partial charge in [0, 0.05) is 17.0 Å². The number of carbonyl (C=O) groups excluding carboxylic acids is 1. The summed E-state index contributed by atoms with van der Waals surface area (Å²) in [5.74, 6) is 1.68. The van der Waals surface area contributed by atoms with Crippen LogP contribution in [0.25, 0.3) is 0 Å². The highest BCUT2D eigenvalue weighted by atomic mass is 32.1. The Morgan fingerprint density at radius 3 is 2.89 bits per heavy atom. The zero-order valence-electron chi connectivity index (χ0n) is 16.9. The fourth-order valence-corrected chi connectivity index (χ4v) is 5.65. The molecule has 1 aliphatic heterocycles. The second-order valence-electron chi connectivity index (χ2n) is 8.12. The Balaban J connectivity index is 1.49. The Hall–Kier alpha value is -1.85. The molecule has 0 spiro atoms. The predicted octanol–water partition coefficient (Wildman–Crippen LogP) is 4.45. The van der Waals surface area contributed by atoms with Gasteiger partial charge in [-0.25, -0.2) is 0 Å². The van der Waals surface area contributed by atoms with Crippen molar-refractivity contribution in [3.8, 4) is 5.75 Å². The van der Waals surface area contributed by atoms with Gasteiger partial charge in [-0.15, -0.1) is 11.3 Å². The molecule has 1 amide bonds. The molecule has 0 bridgehead atoms. The third-order valence-electron chi connectivity index (χ3n) is 6.09. The van der Waals surface area contributed by atoms with Crippen LogP contribution in [0.5, 0.6) is 5.75 Å². The van der Waals surface area contributed by atoms with Crippen LogP contribution in [0.1, 0.15) is 57.9 Å². The van der Waals surface area contributed by atoms with Crippen molar-refractivity contribution in [3.05, 3.63) is 51.2 Å². The molecule has 1 saturated heterocycles. The zero-order chi connectivity index (χ0) is 19.5. The Kier molecular flexibility index (Phi) is 6.02. The molecular formula is C23H30N2O2S. The molecule has 28 heavy (non-hydrogen) atoms. The number of carbonyl (C=O) groups is 1. The normalized spacial score (nSPS) is 20.6. The van der Waals surface area contributed by atoms with E-state index >= 15 is 0 Å². The summed E-state index contributed by atoms with van der Waals surface area (Å²) in [4.78, 5) is 17.6. The van der Waals surface area contributed by atoms with Gasteiger partial charge in [-0.05, 0) is 68.8 Å². The van der Waals surface area contributed by atoms with Gasteiger partial charge in [-0.2, -0.15) is 0 Å². The number of nitrogens with one attached hydrogen (secondary N) is 1. The molecule has 1 aliphatic carbocycles. The number of thiophene rings is 1. The number of hydrogen-bond donors (Lipinski definition) is 1. The summed E-state index contributed by atoms with van der Waals surface area (Å²) < 4.78 is 5.61. The van der Waals surface area contributed by atoms with Crippen molar-refractivity contribution in [2.45, 2.75) is 45.1 Å². The first kappa shape index (κ1) is 19.5. The average Bonchev–Trinajstić information content (AvgIpc) is 3.38. The zero-order valence-corrected chi connectivity index (χ0v) is 17.7. The van der Waals surface area contributed by atoms with E-state index < -0.39 is 0 Å². The summed E-state index contributed by atoms with van der Waals surface area (Å²) in [6.45, 7) is 5.06. The van der Waals surface area contributed by atoms with E-state index in [0.29, 0.717) is 6.54 Å². The highest BCUT2D eigenvalue weighted by Crippen LogP contribution is 2.33. The lowest BCUT2D eigenvalue weighted by molar-refractivity contribution is 0.0941. The third kappa shape index (κ3) is 4.11. The van der Waals surface area contributed by atoms with Gasteiger partial charge < -0.3 is 10.1 Å². The van der Waals surface area contributed by atoms with Gasteiger partial charge >= 0.3 is 0 Å². The van der Waals surface area contributed by atoms with Crippen molar-refractivity contribution in [2.24, 2.45) is 5.92 Å². The van der Waals surface area contributed by atoms with E-state index in [2.05, 4.69) is 35.3 Å². The van der Waals surface area contributed by atoms with Gasteiger partial charge in [0.25, 0.3) is 5.91 Å². The molecule has 0 radical (unpaired) electrons. The van der Waals surface area contributed by atoms with Crippen LogP contribution < -0.4 is 10.1 Å². The van der Waals surface area contributed by atoms with E-state index in [1.165, 1.54) is 29.7 Å². The fourth-order valence-electron chi connectivity index (χ4n) is 4.52. The fraction of sp³-hybridized carbons (Fsp3) is 0.522. The van der Waals surface area contributed by atoms with E-state index in [1.807, 2.05) is 12.1 Å². The highest BCUT2D eigenvalue weighted by molar-refractivity contribution is 7.14. The Morgan fingerprint density at radius 1 is 1.32 bits per heavy atom. The van der Waals surface area contributed by atoms with Crippen LogP contribution >= 0.6 is 11.3 Å². The number of benzene rings is 1. The molecule has 1 fully saturated rings. The van der Waals surface area contributed by atoms with Crippen molar-refractivity contribution in [2.75, 3.05) is 26.7 Å². The van der Waals surface area contributed by atoms with E-state index in [1.54, 1.807) is 18.4 Å². The number of para-hydroxylation sites is 1. The number of ether oxygens (including phenoxy) is 1. The molecule has 4 nitrogen and oxygen atoms in total. The minimum Gasteiger partial charge on any atom is -0.496 e. The van der Waals surface area contributed by atoms with Crippen molar-refractivity contribution in [1.29, 1.82) is 0 Å². The van der Waals surface area contributed by atoms with Gasteiger partial charge in [0.15, 0.2) is 0 Å².